The third-order valence-corrected chi connectivity index (χ3v) is 6.19. The van der Waals surface area contributed by atoms with Crippen LogP contribution in [0.25, 0.3) is 0 Å². The van der Waals surface area contributed by atoms with Crippen molar-refractivity contribution < 1.29 is 4.79 Å². The maximum atomic E-state index is 12.5. The third-order valence-electron chi connectivity index (χ3n) is 6.19. The standard InChI is InChI=1S/C19H25N5O/c1-22-12-9-21-17(22)14-24-10-5-19(6-11-24)16(13-18(25)23(19)2)15-3-7-20-8-4-15/h3-4,7-9,12,16H,5-6,10-11,13-14H2,1-2H3. The quantitative estimate of drug-likeness (QED) is 0.856. The van der Waals surface area contributed by atoms with E-state index in [1.54, 1.807) is 0 Å². The minimum Gasteiger partial charge on any atom is -0.339 e. The van der Waals surface area contributed by atoms with Gasteiger partial charge in [0.25, 0.3) is 0 Å². The van der Waals surface area contributed by atoms with Gasteiger partial charge in [0.15, 0.2) is 0 Å². The van der Waals surface area contributed by atoms with Gasteiger partial charge in [0, 0.05) is 64.3 Å². The van der Waals surface area contributed by atoms with E-state index in [4.69, 9.17) is 0 Å². The van der Waals surface area contributed by atoms with Gasteiger partial charge in [-0.2, -0.15) is 0 Å². The predicted octanol–water partition coefficient (Wildman–Crippen LogP) is 1.80. The molecule has 4 heterocycles. The van der Waals surface area contributed by atoms with Gasteiger partial charge in [-0.25, -0.2) is 4.98 Å². The van der Waals surface area contributed by atoms with Gasteiger partial charge in [0.05, 0.1) is 12.1 Å². The second kappa shape index (κ2) is 6.26. The van der Waals surface area contributed by atoms with Crippen LogP contribution in [0, 0.1) is 0 Å². The minimum absolute atomic E-state index is 0.0590. The summed E-state index contributed by atoms with van der Waals surface area (Å²) in [6, 6.07) is 4.14. The molecule has 2 aromatic heterocycles. The molecule has 132 valence electrons. The largest absolute Gasteiger partial charge is 0.339 e. The summed E-state index contributed by atoms with van der Waals surface area (Å²) in [4.78, 5) is 25.5. The second-order valence-corrected chi connectivity index (χ2v) is 7.32. The lowest BCUT2D eigenvalue weighted by atomic mass is 9.74. The number of imidazole rings is 1. The molecular formula is C19H25N5O. The fourth-order valence-electron chi connectivity index (χ4n) is 4.54. The molecule has 2 aromatic rings. The zero-order valence-electron chi connectivity index (χ0n) is 14.9. The highest BCUT2D eigenvalue weighted by atomic mass is 16.2. The number of amides is 1. The van der Waals surface area contributed by atoms with Crippen molar-refractivity contribution in [3.8, 4) is 0 Å². The first kappa shape index (κ1) is 16.3. The van der Waals surface area contributed by atoms with E-state index in [1.165, 1.54) is 5.56 Å². The predicted molar refractivity (Wildman–Crippen MR) is 94.8 cm³/mol. The molecule has 1 amide bonds. The summed E-state index contributed by atoms with van der Waals surface area (Å²) in [5, 5.41) is 0. The van der Waals surface area contributed by atoms with Gasteiger partial charge in [-0.05, 0) is 30.5 Å². The molecule has 25 heavy (non-hydrogen) atoms. The van der Waals surface area contributed by atoms with E-state index in [-0.39, 0.29) is 17.4 Å². The number of likely N-dealkylation sites (N-methyl/N-ethyl adjacent to an activating group) is 1. The molecule has 1 unspecified atom stereocenters. The van der Waals surface area contributed by atoms with Crippen molar-refractivity contribution in [3.05, 3.63) is 48.3 Å². The maximum Gasteiger partial charge on any atom is 0.223 e. The monoisotopic (exact) mass is 339 g/mol. The highest BCUT2D eigenvalue weighted by molar-refractivity contribution is 5.81. The topological polar surface area (TPSA) is 54.3 Å². The summed E-state index contributed by atoms with van der Waals surface area (Å²) in [6.45, 7) is 2.86. The molecular weight excluding hydrogens is 314 g/mol. The Hall–Kier alpha value is -2.21. The molecule has 1 spiro atoms. The number of hydrogen-bond donors (Lipinski definition) is 0. The van der Waals surface area contributed by atoms with E-state index in [1.807, 2.05) is 43.8 Å². The van der Waals surface area contributed by atoms with Gasteiger partial charge >= 0.3 is 0 Å². The number of piperidine rings is 1. The Kier molecular flexibility index (Phi) is 4.07. The van der Waals surface area contributed by atoms with Crippen molar-refractivity contribution >= 4 is 5.91 Å². The summed E-state index contributed by atoms with van der Waals surface area (Å²) < 4.78 is 2.08. The summed E-state index contributed by atoms with van der Waals surface area (Å²) >= 11 is 0. The Balaban J connectivity index is 1.53. The molecule has 0 N–H and O–H groups in total. The molecule has 4 rings (SSSR count). The van der Waals surface area contributed by atoms with Crippen LogP contribution < -0.4 is 0 Å². The van der Waals surface area contributed by atoms with Crippen LogP contribution >= 0.6 is 0 Å². The number of nitrogens with zero attached hydrogens (tertiary/aromatic N) is 5. The van der Waals surface area contributed by atoms with Crippen LogP contribution in [0.3, 0.4) is 0 Å². The van der Waals surface area contributed by atoms with Crippen molar-refractivity contribution in [1.29, 1.82) is 0 Å². The lowest BCUT2D eigenvalue weighted by Crippen LogP contribution is -2.53. The fraction of sp³-hybridized carbons (Fsp3) is 0.526. The Morgan fingerprint density at radius 3 is 2.52 bits per heavy atom. The number of hydrogen-bond acceptors (Lipinski definition) is 4. The Bertz CT molecular complexity index is 748. The molecule has 2 aliphatic heterocycles. The summed E-state index contributed by atoms with van der Waals surface area (Å²) in [5.41, 5.74) is 1.18. The van der Waals surface area contributed by atoms with Gasteiger partial charge in [0.1, 0.15) is 5.82 Å². The van der Waals surface area contributed by atoms with Crippen molar-refractivity contribution in [3.63, 3.8) is 0 Å². The molecule has 2 saturated heterocycles. The van der Waals surface area contributed by atoms with Crippen LogP contribution in [0.1, 0.15) is 36.6 Å². The van der Waals surface area contributed by atoms with E-state index in [2.05, 4.69) is 31.6 Å². The van der Waals surface area contributed by atoms with Crippen LogP contribution in [-0.2, 0) is 18.4 Å². The van der Waals surface area contributed by atoms with E-state index in [0.717, 1.165) is 38.3 Å². The van der Waals surface area contributed by atoms with Crippen LogP contribution in [0.15, 0.2) is 36.9 Å². The minimum atomic E-state index is -0.0590. The molecule has 2 aliphatic rings. The van der Waals surface area contributed by atoms with E-state index >= 15 is 0 Å². The number of rotatable bonds is 3. The third kappa shape index (κ3) is 2.74. The molecule has 2 fully saturated rings. The van der Waals surface area contributed by atoms with Crippen LogP contribution in [-0.4, -0.2) is 55.9 Å². The molecule has 1 atom stereocenters. The lowest BCUT2D eigenvalue weighted by molar-refractivity contribution is -0.130. The van der Waals surface area contributed by atoms with Crippen LogP contribution in [0.2, 0.25) is 0 Å². The van der Waals surface area contributed by atoms with Crippen molar-refractivity contribution in [2.24, 2.45) is 7.05 Å². The average molecular weight is 339 g/mol. The van der Waals surface area contributed by atoms with Crippen LogP contribution in [0.4, 0.5) is 0 Å². The molecule has 0 bridgehead atoms. The second-order valence-electron chi connectivity index (χ2n) is 7.32. The van der Waals surface area contributed by atoms with Gasteiger partial charge in [0.2, 0.25) is 5.91 Å². The van der Waals surface area contributed by atoms with E-state index in [0.29, 0.717) is 6.42 Å². The molecule has 6 heteroatoms. The molecule has 0 aromatic carbocycles. The summed E-state index contributed by atoms with van der Waals surface area (Å²) in [7, 11) is 4.02. The number of pyridine rings is 1. The number of aryl methyl sites for hydroxylation is 1. The first-order valence-electron chi connectivity index (χ1n) is 8.95. The van der Waals surface area contributed by atoms with Gasteiger partial charge < -0.3 is 9.47 Å². The smallest absolute Gasteiger partial charge is 0.223 e. The number of aromatic nitrogens is 3. The average Bonchev–Trinajstić information content (AvgIpc) is 3.14. The Morgan fingerprint density at radius 2 is 1.88 bits per heavy atom. The zero-order chi connectivity index (χ0) is 17.4. The number of likely N-dealkylation sites (tertiary alicyclic amines) is 2. The van der Waals surface area contributed by atoms with E-state index < -0.39 is 0 Å². The zero-order valence-corrected chi connectivity index (χ0v) is 14.9. The van der Waals surface area contributed by atoms with Gasteiger partial charge in [-0.3, -0.25) is 14.7 Å². The molecule has 0 aliphatic carbocycles. The van der Waals surface area contributed by atoms with Crippen LogP contribution in [0.5, 0.6) is 0 Å². The normalized spacial score (nSPS) is 23.5. The van der Waals surface area contributed by atoms with Crippen molar-refractivity contribution in [1.82, 2.24) is 24.3 Å². The first-order chi connectivity index (χ1) is 12.1. The highest BCUT2D eigenvalue weighted by Gasteiger charge is 2.52. The van der Waals surface area contributed by atoms with Gasteiger partial charge in [-0.1, -0.05) is 0 Å². The molecule has 0 radical (unpaired) electrons. The fourth-order valence-corrected chi connectivity index (χ4v) is 4.54. The Labute approximate surface area is 148 Å². The Morgan fingerprint density at radius 1 is 1.16 bits per heavy atom. The highest BCUT2D eigenvalue weighted by Crippen LogP contribution is 2.48. The summed E-state index contributed by atoms with van der Waals surface area (Å²) in [6.07, 6.45) is 10.1. The lowest BCUT2D eigenvalue weighted by Gasteiger charge is -2.46. The van der Waals surface area contributed by atoms with E-state index in [9.17, 15) is 4.79 Å². The number of carbonyl (C=O) groups is 1. The first-order valence-corrected chi connectivity index (χ1v) is 8.95. The molecule has 0 saturated carbocycles. The van der Waals surface area contributed by atoms with Crippen molar-refractivity contribution in [2.75, 3.05) is 20.1 Å². The SMILES string of the molecule is CN1C(=O)CC(c2ccncc2)C12CCN(Cc1nccn1C)CC2. The van der Waals surface area contributed by atoms with Gasteiger partial charge in [-0.15, -0.1) is 0 Å². The number of carbonyl (C=O) groups excluding carboxylic acids is 1. The molecule has 6 nitrogen and oxygen atoms in total. The summed E-state index contributed by atoms with van der Waals surface area (Å²) in [5.74, 6) is 1.63. The maximum absolute atomic E-state index is 12.5. The van der Waals surface area contributed by atoms with Crippen molar-refractivity contribution in [2.45, 2.75) is 37.3 Å².